The monoisotopic (exact) mass is 247 g/mol. The number of amides is 1. The average Bonchev–Trinajstić information content (AvgIpc) is 2.63. The summed E-state index contributed by atoms with van der Waals surface area (Å²) in [4.78, 5) is 12.4. The fourth-order valence-electron chi connectivity index (χ4n) is 2.86. The van der Waals surface area contributed by atoms with Gasteiger partial charge in [-0.3, -0.25) is 4.79 Å². The molecule has 3 nitrogen and oxygen atoms in total. The average molecular weight is 247 g/mol. The first-order valence-electron chi connectivity index (χ1n) is 6.61. The molecule has 1 aliphatic heterocycles. The van der Waals surface area contributed by atoms with Gasteiger partial charge in [-0.25, -0.2) is 0 Å². The maximum atomic E-state index is 12.4. The van der Waals surface area contributed by atoms with E-state index >= 15 is 0 Å². The maximum absolute atomic E-state index is 12.4. The van der Waals surface area contributed by atoms with Gasteiger partial charge in [-0.05, 0) is 25.0 Å². The molecule has 0 radical (unpaired) electrons. The Labute approximate surface area is 109 Å². The predicted molar refractivity (Wildman–Crippen MR) is 74.5 cm³/mol. The number of carbonyl (C=O) groups excluding carboxylic acids is 1. The minimum Gasteiger partial charge on any atom is -0.320 e. The number of likely N-dealkylation sites (tertiary alicyclic amines) is 1. The van der Waals surface area contributed by atoms with E-state index < -0.39 is 0 Å². The zero-order chi connectivity index (χ0) is 13.3. The van der Waals surface area contributed by atoms with Crippen molar-refractivity contribution in [1.82, 2.24) is 0 Å². The van der Waals surface area contributed by atoms with Gasteiger partial charge in [0, 0.05) is 18.5 Å². The molecule has 1 aliphatic rings. The number of aryl methyl sites for hydroxylation is 2. The summed E-state index contributed by atoms with van der Waals surface area (Å²) in [6.45, 7) is 5.17. The van der Waals surface area contributed by atoms with Crippen molar-refractivity contribution < 1.29 is 9.28 Å². The number of nitrogens with one attached hydrogen (secondary N) is 1. The van der Waals surface area contributed by atoms with Crippen molar-refractivity contribution >= 4 is 11.6 Å². The molecule has 1 aromatic rings. The van der Waals surface area contributed by atoms with Crippen molar-refractivity contribution in [3.05, 3.63) is 29.3 Å². The molecular formula is C15H23N2O+. The second-order valence-electron chi connectivity index (χ2n) is 5.92. The van der Waals surface area contributed by atoms with Gasteiger partial charge in [0.05, 0.1) is 20.6 Å². The molecular weight excluding hydrogens is 224 g/mol. The van der Waals surface area contributed by atoms with Crippen LogP contribution >= 0.6 is 0 Å². The number of para-hydroxylation sites is 1. The van der Waals surface area contributed by atoms with Crippen LogP contribution in [0.3, 0.4) is 0 Å². The van der Waals surface area contributed by atoms with Crippen molar-refractivity contribution in [3.63, 3.8) is 0 Å². The summed E-state index contributed by atoms with van der Waals surface area (Å²) in [6.07, 6.45) is 2.13. The normalized spacial score (nSPS) is 21.9. The lowest BCUT2D eigenvalue weighted by molar-refractivity contribution is -0.892. The number of likely N-dealkylation sites (N-methyl/N-ethyl adjacent to an activating group) is 1. The third kappa shape index (κ3) is 2.41. The second kappa shape index (κ2) is 4.73. The van der Waals surface area contributed by atoms with E-state index in [4.69, 9.17) is 0 Å². The highest BCUT2D eigenvalue weighted by Crippen LogP contribution is 2.25. The summed E-state index contributed by atoms with van der Waals surface area (Å²) in [5.74, 6) is 0.162. The molecule has 1 aromatic carbocycles. The third-order valence-corrected chi connectivity index (χ3v) is 4.09. The lowest BCUT2D eigenvalue weighted by Gasteiger charge is -2.30. The van der Waals surface area contributed by atoms with Gasteiger partial charge in [0.15, 0.2) is 6.04 Å². The van der Waals surface area contributed by atoms with E-state index in [9.17, 15) is 4.79 Å². The molecule has 1 saturated heterocycles. The van der Waals surface area contributed by atoms with Gasteiger partial charge >= 0.3 is 0 Å². The molecule has 18 heavy (non-hydrogen) atoms. The van der Waals surface area contributed by atoms with Crippen LogP contribution in [-0.2, 0) is 4.79 Å². The zero-order valence-corrected chi connectivity index (χ0v) is 11.8. The molecule has 1 amide bonds. The van der Waals surface area contributed by atoms with E-state index in [1.54, 1.807) is 0 Å². The number of carbonyl (C=O) groups is 1. The quantitative estimate of drug-likeness (QED) is 0.799. The minimum absolute atomic E-state index is 0.0870. The van der Waals surface area contributed by atoms with Crippen LogP contribution in [0.25, 0.3) is 0 Å². The van der Waals surface area contributed by atoms with E-state index in [0.717, 1.165) is 40.7 Å². The first-order chi connectivity index (χ1) is 8.42. The van der Waals surface area contributed by atoms with Crippen LogP contribution in [0.15, 0.2) is 18.2 Å². The summed E-state index contributed by atoms with van der Waals surface area (Å²) in [7, 11) is 4.28. The molecule has 3 heteroatoms. The molecule has 2 rings (SSSR count). The van der Waals surface area contributed by atoms with Crippen LogP contribution in [0, 0.1) is 13.8 Å². The Morgan fingerprint density at radius 2 is 1.89 bits per heavy atom. The van der Waals surface area contributed by atoms with Crippen LogP contribution in [-0.4, -0.2) is 37.1 Å². The van der Waals surface area contributed by atoms with Crippen LogP contribution < -0.4 is 5.32 Å². The third-order valence-electron chi connectivity index (χ3n) is 4.09. The van der Waals surface area contributed by atoms with E-state index in [-0.39, 0.29) is 11.9 Å². The molecule has 0 spiro atoms. The molecule has 0 aliphatic carbocycles. The molecule has 1 heterocycles. The van der Waals surface area contributed by atoms with E-state index in [1.807, 2.05) is 32.0 Å². The lowest BCUT2D eigenvalue weighted by atomic mass is 10.1. The van der Waals surface area contributed by atoms with Gasteiger partial charge in [-0.15, -0.1) is 0 Å². The number of hydrogen-bond donors (Lipinski definition) is 1. The first kappa shape index (κ1) is 13.1. The van der Waals surface area contributed by atoms with Gasteiger partial charge in [0.25, 0.3) is 5.91 Å². The highest BCUT2D eigenvalue weighted by Gasteiger charge is 2.39. The molecule has 0 saturated carbocycles. The van der Waals surface area contributed by atoms with Gasteiger partial charge in [-0.2, -0.15) is 0 Å². The van der Waals surface area contributed by atoms with Crippen molar-refractivity contribution in [2.24, 2.45) is 0 Å². The molecule has 1 N–H and O–H groups in total. The highest BCUT2D eigenvalue weighted by atomic mass is 16.2. The fourth-order valence-corrected chi connectivity index (χ4v) is 2.86. The predicted octanol–water partition coefficient (Wildman–Crippen LogP) is 2.48. The summed E-state index contributed by atoms with van der Waals surface area (Å²) in [5.41, 5.74) is 3.24. The number of benzene rings is 1. The molecule has 1 atom stereocenters. The molecule has 98 valence electrons. The number of anilines is 1. The van der Waals surface area contributed by atoms with Crippen molar-refractivity contribution in [3.8, 4) is 0 Å². The number of rotatable bonds is 2. The van der Waals surface area contributed by atoms with Crippen LogP contribution in [0.4, 0.5) is 5.69 Å². The molecule has 0 aromatic heterocycles. The lowest BCUT2D eigenvalue weighted by Crippen LogP contribution is -2.50. The Balaban J connectivity index is 2.17. The number of quaternary nitrogens is 1. The Morgan fingerprint density at radius 1 is 1.28 bits per heavy atom. The Hall–Kier alpha value is -1.35. The summed E-state index contributed by atoms with van der Waals surface area (Å²) < 4.78 is 0.802. The molecule has 1 fully saturated rings. The molecule has 0 bridgehead atoms. The van der Waals surface area contributed by atoms with Crippen LogP contribution in [0.5, 0.6) is 0 Å². The first-order valence-corrected chi connectivity index (χ1v) is 6.61. The summed E-state index contributed by atoms with van der Waals surface area (Å²) in [5, 5.41) is 3.12. The van der Waals surface area contributed by atoms with Crippen LogP contribution in [0.1, 0.15) is 24.0 Å². The highest BCUT2D eigenvalue weighted by molar-refractivity contribution is 5.95. The smallest absolute Gasteiger partial charge is 0.282 e. The van der Waals surface area contributed by atoms with Crippen LogP contribution in [0.2, 0.25) is 0 Å². The largest absolute Gasteiger partial charge is 0.320 e. The number of nitrogens with zero attached hydrogens (tertiary/aromatic N) is 1. The second-order valence-corrected chi connectivity index (χ2v) is 5.92. The van der Waals surface area contributed by atoms with Crippen molar-refractivity contribution in [2.75, 3.05) is 26.0 Å². The van der Waals surface area contributed by atoms with Gasteiger partial charge in [0.2, 0.25) is 0 Å². The van der Waals surface area contributed by atoms with E-state index in [0.29, 0.717) is 0 Å². The van der Waals surface area contributed by atoms with E-state index in [2.05, 4.69) is 19.4 Å². The minimum atomic E-state index is 0.0870. The Kier molecular flexibility index (Phi) is 3.44. The zero-order valence-electron chi connectivity index (χ0n) is 11.8. The SMILES string of the molecule is Cc1cccc(C)c1NC(=O)C1CCC[N+]1(C)C. The van der Waals surface area contributed by atoms with Gasteiger partial charge in [-0.1, -0.05) is 18.2 Å². The standard InChI is InChI=1S/C15H22N2O/c1-11-7-5-8-12(2)14(11)16-15(18)13-9-6-10-17(13,3)4/h5,7-8,13H,6,9-10H2,1-4H3/p+1. The molecule has 1 unspecified atom stereocenters. The maximum Gasteiger partial charge on any atom is 0.282 e. The number of hydrogen-bond acceptors (Lipinski definition) is 1. The van der Waals surface area contributed by atoms with Gasteiger partial charge in [0.1, 0.15) is 0 Å². The Morgan fingerprint density at radius 3 is 2.39 bits per heavy atom. The van der Waals surface area contributed by atoms with E-state index in [1.165, 1.54) is 0 Å². The Bertz CT molecular complexity index is 445. The van der Waals surface area contributed by atoms with Crippen molar-refractivity contribution in [1.29, 1.82) is 0 Å². The topological polar surface area (TPSA) is 29.1 Å². The van der Waals surface area contributed by atoms with Gasteiger partial charge < -0.3 is 9.80 Å². The summed E-state index contributed by atoms with van der Waals surface area (Å²) >= 11 is 0. The van der Waals surface area contributed by atoms with Crippen molar-refractivity contribution in [2.45, 2.75) is 32.7 Å². The summed E-state index contributed by atoms with van der Waals surface area (Å²) in [6, 6.07) is 6.19. The fraction of sp³-hybridized carbons (Fsp3) is 0.533.